The topological polar surface area (TPSA) is 38.3 Å². The van der Waals surface area contributed by atoms with Crippen molar-refractivity contribution in [1.82, 2.24) is 5.32 Å². The molecule has 0 fully saturated rings. The number of carbonyl (C=O) groups is 1. The Morgan fingerprint density at radius 3 is 2.38 bits per heavy atom. The third-order valence-corrected chi connectivity index (χ3v) is 3.10. The molecule has 0 aliphatic carbocycles. The SMILES string of the molecule is Cc1cc(C)cc(OCCNC(=O)Cc2ccccc2)c1. The van der Waals surface area contributed by atoms with Crippen LogP contribution in [0.5, 0.6) is 5.75 Å². The van der Waals surface area contributed by atoms with E-state index in [9.17, 15) is 4.79 Å². The second kappa shape index (κ2) is 7.48. The van der Waals surface area contributed by atoms with Crippen LogP contribution in [0.15, 0.2) is 48.5 Å². The standard InChI is InChI=1S/C18H21NO2/c1-14-10-15(2)12-17(11-14)21-9-8-19-18(20)13-16-6-4-3-5-7-16/h3-7,10-12H,8-9,13H2,1-2H3,(H,19,20). The maximum Gasteiger partial charge on any atom is 0.224 e. The number of carbonyl (C=O) groups excluding carboxylic acids is 1. The van der Waals surface area contributed by atoms with Gasteiger partial charge in [-0.3, -0.25) is 4.79 Å². The average Bonchev–Trinajstić information content (AvgIpc) is 2.44. The van der Waals surface area contributed by atoms with Crippen LogP contribution < -0.4 is 10.1 Å². The van der Waals surface area contributed by atoms with Crippen LogP contribution in [0.2, 0.25) is 0 Å². The van der Waals surface area contributed by atoms with Gasteiger partial charge in [0, 0.05) is 0 Å². The predicted octanol–water partition coefficient (Wildman–Crippen LogP) is 3.04. The molecule has 0 bridgehead atoms. The molecule has 0 saturated heterocycles. The monoisotopic (exact) mass is 283 g/mol. The molecule has 0 aliphatic rings. The fourth-order valence-corrected chi connectivity index (χ4v) is 2.22. The molecule has 0 spiro atoms. The van der Waals surface area contributed by atoms with Crippen molar-refractivity contribution in [3.8, 4) is 5.75 Å². The van der Waals surface area contributed by atoms with Gasteiger partial charge >= 0.3 is 0 Å². The fourth-order valence-electron chi connectivity index (χ4n) is 2.22. The molecule has 0 heterocycles. The molecule has 2 aromatic carbocycles. The molecule has 0 radical (unpaired) electrons. The van der Waals surface area contributed by atoms with Crippen molar-refractivity contribution >= 4 is 5.91 Å². The van der Waals surface area contributed by atoms with Crippen LogP contribution in [0.1, 0.15) is 16.7 Å². The van der Waals surface area contributed by atoms with Crippen LogP contribution in [0.4, 0.5) is 0 Å². The molecule has 2 rings (SSSR count). The first-order valence-corrected chi connectivity index (χ1v) is 7.15. The van der Waals surface area contributed by atoms with E-state index in [1.165, 1.54) is 11.1 Å². The van der Waals surface area contributed by atoms with Gasteiger partial charge in [0.1, 0.15) is 12.4 Å². The minimum Gasteiger partial charge on any atom is -0.492 e. The van der Waals surface area contributed by atoms with Crippen molar-refractivity contribution in [3.05, 3.63) is 65.2 Å². The number of ether oxygens (including phenoxy) is 1. The Hall–Kier alpha value is -2.29. The largest absolute Gasteiger partial charge is 0.492 e. The maximum absolute atomic E-state index is 11.8. The van der Waals surface area contributed by atoms with Gasteiger partial charge in [0.2, 0.25) is 5.91 Å². The molecule has 0 aromatic heterocycles. The van der Waals surface area contributed by atoms with Gasteiger partial charge in [-0.05, 0) is 42.7 Å². The van der Waals surface area contributed by atoms with Gasteiger partial charge in [0.15, 0.2) is 0 Å². The number of benzene rings is 2. The number of nitrogens with one attached hydrogen (secondary N) is 1. The quantitative estimate of drug-likeness (QED) is 0.828. The van der Waals surface area contributed by atoms with Crippen molar-refractivity contribution in [1.29, 1.82) is 0 Å². The second-order valence-corrected chi connectivity index (χ2v) is 5.18. The lowest BCUT2D eigenvalue weighted by Gasteiger charge is -2.09. The van der Waals surface area contributed by atoms with Gasteiger partial charge in [-0.25, -0.2) is 0 Å². The number of hydrogen-bond acceptors (Lipinski definition) is 2. The van der Waals surface area contributed by atoms with Crippen LogP contribution >= 0.6 is 0 Å². The van der Waals surface area contributed by atoms with Crippen molar-refractivity contribution in [2.45, 2.75) is 20.3 Å². The van der Waals surface area contributed by atoms with Crippen LogP contribution in [-0.4, -0.2) is 19.1 Å². The molecule has 2 aromatic rings. The Bertz CT molecular complexity index is 573. The minimum absolute atomic E-state index is 0.0187. The van der Waals surface area contributed by atoms with Gasteiger partial charge in [-0.1, -0.05) is 36.4 Å². The number of aryl methyl sites for hydroxylation is 2. The zero-order valence-electron chi connectivity index (χ0n) is 12.6. The number of hydrogen-bond donors (Lipinski definition) is 1. The van der Waals surface area contributed by atoms with Crippen LogP contribution in [0.25, 0.3) is 0 Å². The summed E-state index contributed by atoms with van der Waals surface area (Å²) in [6.07, 6.45) is 0.407. The molecule has 3 nitrogen and oxygen atoms in total. The zero-order chi connectivity index (χ0) is 15.1. The molecule has 0 saturated carbocycles. The Balaban J connectivity index is 1.71. The summed E-state index contributed by atoms with van der Waals surface area (Å²) in [7, 11) is 0. The molecule has 0 atom stereocenters. The van der Waals surface area contributed by atoms with E-state index < -0.39 is 0 Å². The highest BCUT2D eigenvalue weighted by atomic mass is 16.5. The van der Waals surface area contributed by atoms with E-state index in [0.717, 1.165) is 11.3 Å². The Labute approximate surface area is 126 Å². The summed E-state index contributed by atoms with van der Waals surface area (Å²) in [5.41, 5.74) is 3.38. The lowest BCUT2D eigenvalue weighted by atomic mass is 10.1. The Morgan fingerprint density at radius 1 is 1.05 bits per heavy atom. The van der Waals surface area contributed by atoms with Crippen molar-refractivity contribution in [3.63, 3.8) is 0 Å². The summed E-state index contributed by atoms with van der Waals surface area (Å²) < 4.78 is 5.65. The van der Waals surface area contributed by atoms with Gasteiger partial charge in [-0.15, -0.1) is 0 Å². The molecule has 110 valence electrons. The van der Waals surface area contributed by atoms with E-state index in [0.29, 0.717) is 19.6 Å². The maximum atomic E-state index is 11.8. The van der Waals surface area contributed by atoms with Gasteiger partial charge in [0.05, 0.1) is 13.0 Å². The summed E-state index contributed by atoms with van der Waals surface area (Å²) in [4.78, 5) is 11.8. The third kappa shape index (κ3) is 5.30. The van der Waals surface area contributed by atoms with Crippen LogP contribution in [0, 0.1) is 13.8 Å². The molecule has 1 N–H and O–H groups in total. The van der Waals surface area contributed by atoms with E-state index >= 15 is 0 Å². The van der Waals surface area contributed by atoms with Crippen LogP contribution in [-0.2, 0) is 11.2 Å². The molecule has 0 unspecified atom stereocenters. The third-order valence-electron chi connectivity index (χ3n) is 3.10. The fraction of sp³-hybridized carbons (Fsp3) is 0.278. The van der Waals surface area contributed by atoms with E-state index in [-0.39, 0.29) is 5.91 Å². The Kier molecular flexibility index (Phi) is 5.38. The highest BCUT2D eigenvalue weighted by molar-refractivity contribution is 5.78. The summed E-state index contributed by atoms with van der Waals surface area (Å²) in [5, 5.41) is 2.87. The number of rotatable bonds is 6. The first-order valence-electron chi connectivity index (χ1n) is 7.15. The summed E-state index contributed by atoms with van der Waals surface area (Å²) in [6, 6.07) is 15.8. The van der Waals surface area contributed by atoms with Crippen molar-refractivity contribution in [2.24, 2.45) is 0 Å². The van der Waals surface area contributed by atoms with E-state index in [1.807, 2.05) is 56.3 Å². The van der Waals surface area contributed by atoms with Crippen molar-refractivity contribution < 1.29 is 9.53 Å². The van der Waals surface area contributed by atoms with Gasteiger partial charge < -0.3 is 10.1 Å². The number of amides is 1. The molecular weight excluding hydrogens is 262 g/mol. The summed E-state index contributed by atoms with van der Waals surface area (Å²) >= 11 is 0. The van der Waals surface area contributed by atoms with Crippen molar-refractivity contribution in [2.75, 3.05) is 13.2 Å². The summed E-state index contributed by atoms with van der Waals surface area (Å²) in [6.45, 7) is 5.07. The molecule has 3 heteroatoms. The first kappa shape index (κ1) is 15.1. The lowest BCUT2D eigenvalue weighted by Crippen LogP contribution is -2.29. The smallest absolute Gasteiger partial charge is 0.224 e. The Morgan fingerprint density at radius 2 is 1.71 bits per heavy atom. The van der Waals surface area contributed by atoms with E-state index in [2.05, 4.69) is 11.4 Å². The van der Waals surface area contributed by atoms with E-state index in [1.54, 1.807) is 0 Å². The van der Waals surface area contributed by atoms with E-state index in [4.69, 9.17) is 4.74 Å². The highest BCUT2D eigenvalue weighted by Crippen LogP contribution is 2.15. The van der Waals surface area contributed by atoms with Crippen LogP contribution in [0.3, 0.4) is 0 Å². The molecule has 21 heavy (non-hydrogen) atoms. The zero-order valence-corrected chi connectivity index (χ0v) is 12.6. The van der Waals surface area contributed by atoms with Gasteiger partial charge in [0.25, 0.3) is 0 Å². The predicted molar refractivity (Wildman–Crippen MR) is 84.6 cm³/mol. The molecule has 0 aliphatic heterocycles. The summed E-state index contributed by atoms with van der Waals surface area (Å²) in [5.74, 6) is 0.870. The lowest BCUT2D eigenvalue weighted by molar-refractivity contribution is -0.120. The van der Waals surface area contributed by atoms with Gasteiger partial charge in [-0.2, -0.15) is 0 Å². The molecular formula is C18H21NO2. The first-order chi connectivity index (χ1) is 10.1. The highest BCUT2D eigenvalue weighted by Gasteiger charge is 2.02. The normalized spacial score (nSPS) is 10.2. The second-order valence-electron chi connectivity index (χ2n) is 5.18. The minimum atomic E-state index is 0.0187. The molecule has 1 amide bonds. The average molecular weight is 283 g/mol.